The number of hydrogen-bond acceptors (Lipinski definition) is 5. The maximum absolute atomic E-state index is 12.0. The van der Waals surface area contributed by atoms with Crippen molar-refractivity contribution in [3.8, 4) is 0 Å². The van der Waals surface area contributed by atoms with Crippen LogP contribution in [0.5, 0.6) is 0 Å². The highest BCUT2D eigenvalue weighted by molar-refractivity contribution is 9.11. The van der Waals surface area contributed by atoms with Gasteiger partial charge in [-0.3, -0.25) is 14.9 Å². The standard InChI is InChI=1S/C11H7BrClN3O3S/c12-9-2-1-7(20-9)5-15-11(17)8-3-6(16(18)19)4-14-10(8)13/h1-4H,5H2,(H,15,17). The zero-order chi connectivity index (χ0) is 14.7. The Bertz CT molecular complexity index is 677. The maximum atomic E-state index is 12.0. The molecular formula is C11H7BrClN3O3S. The lowest BCUT2D eigenvalue weighted by molar-refractivity contribution is -0.385. The summed E-state index contributed by atoms with van der Waals surface area (Å²) >= 11 is 10.6. The zero-order valence-electron chi connectivity index (χ0n) is 9.80. The lowest BCUT2D eigenvalue weighted by atomic mass is 10.2. The van der Waals surface area contributed by atoms with E-state index < -0.39 is 10.8 Å². The number of nitrogens with one attached hydrogen (secondary N) is 1. The highest BCUT2D eigenvalue weighted by Crippen LogP contribution is 2.22. The molecule has 0 aliphatic heterocycles. The predicted octanol–water partition coefficient (Wildman–Crippen LogP) is 3.40. The molecule has 1 amide bonds. The van der Waals surface area contributed by atoms with Crippen LogP contribution in [0.25, 0.3) is 0 Å². The van der Waals surface area contributed by atoms with Crippen molar-refractivity contribution < 1.29 is 9.72 Å². The van der Waals surface area contributed by atoms with E-state index in [1.807, 2.05) is 12.1 Å². The average Bonchev–Trinajstić information content (AvgIpc) is 2.82. The van der Waals surface area contributed by atoms with Gasteiger partial charge in [-0.2, -0.15) is 0 Å². The molecule has 104 valence electrons. The second-order valence-electron chi connectivity index (χ2n) is 3.68. The van der Waals surface area contributed by atoms with Crippen LogP contribution in [0.3, 0.4) is 0 Å². The fourth-order valence-corrected chi connectivity index (χ4v) is 3.02. The summed E-state index contributed by atoms with van der Waals surface area (Å²) in [5.41, 5.74) is -0.296. The number of rotatable bonds is 4. The van der Waals surface area contributed by atoms with Crippen molar-refractivity contribution in [2.45, 2.75) is 6.54 Å². The van der Waals surface area contributed by atoms with Gasteiger partial charge < -0.3 is 5.32 Å². The van der Waals surface area contributed by atoms with Gasteiger partial charge in [-0.25, -0.2) is 4.98 Å². The van der Waals surface area contributed by atoms with E-state index in [0.29, 0.717) is 6.54 Å². The fraction of sp³-hybridized carbons (Fsp3) is 0.0909. The van der Waals surface area contributed by atoms with E-state index in [-0.39, 0.29) is 16.4 Å². The number of thiophene rings is 1. The van der Waals surface area contributed by atoms with Crippen molar-refractivity contribution in [2.75, 3.05) is 0 Å². The van der Waals surface area contributed by atoms with Crippen molar-refractivity contribution in [3.63, 3.8) is 0 Å². The number of hydrogen-bond donors (Lipinski definition) is 1. The molecule has 0 aromatic carbocycles. The van der Waals surface area contributed by atoms with Gasteiger partial charge in [0.05, 0.1) is 20.8 Å². The first kappa shape index (κ1) is 14.9. The molecule has 2 aromatic heterocycles. The van der Waals surface area contributed by atoms with Gasteiger partial charge >= 0.3 is 0 Å². The van der Waals surface area contributed by atoms with Crippen molar-refractivity contribution in [2.24, 2.45) is 0 Å². The lowest BCUT2D eigenvalue weighted by Crippen LogP contribution is -2.23. The monoisotopic (exact) mass is 375 g/mol. The zero-order valence-corrected chi connectivity index (χ0v) is 13.0. The van der Waals surface area contributed by atoms with Gasteiger partial charge in [0.1, 0.15) is 11.3 Å². The van der Waals surface area contributed by atoms with Crippen LogP contribution < -0.4 is 5.32 Å². The topological polar surface area (TPSA) is 85.1 Å². The molecule has 9 heteroatoms. The van der Waals surface area contributed by atoms with Crippen LogP contribution in [-0.2, 0) is 6.54 Å². The van der Waals surface area contributed by atoms with Crippen LogP contribution in [0.15, 0.2) is 28.2 Å². The number of pyridine rings is 1. The maximum Gasteiger partial charge on any atom is 0.288 e. The van der Waals surface area contributed by atoms with Crippen LogP contribution in [0.1, 0.15) is 15.2 Å². The predicted molar refractivity (Wildman–Crippen MR) is 79.1 cm³/mol. The number of nitrogens with zero attached hydrogens (tertiary/aromatic N) is 2. The molecule has 0 bridgehead atoms. The van der Waals surface area contributed by atoms with Gasteiger partial charge in [0.15, 0.2) is 0 Å². The number of carbonyl (C=O) groups is 1. The molecule has 20 heavy (non-hydrogen) atoms. The van der Waals surface area contributed by atoms with Crippen LogP contribution >= 0.6 is 38.9 Å². The molecule has 0 saturated carbocycles. The highest BCUT2D eigenvalue weighted by atomic mass is 79.9. The van der Waals surface area contributed by atoms with Gasteiger partial charge in [-0.05, 0) is 28.1 Å². The Morgan fingerprint density at radius 3 is 2.90 bits per heavy atom. The smallest absolute Gasteiger partial charge is 0.288 e. The van der Waals surface area contributed by atoms with Gasteiger partial charge in [-0.1, -0.05) is 11.6 Å². The molecule has 0 radical (unpaired) electrons. The van der Waals surface area contributed by atoms with Crippen LogP contribution in [-0.4, -0.2) is 15.8 Å². The van der Waals surface area contributed by atoms with Gasteiger partial charge in [0.2, 0.25) is 0 Å². The quantitative estimate of drug-likeness (QED) is 0.503. The number of carbonyl (C=O) groups excluding carboxylic acids is 1. The van der Waals surface area contributed by atoms with Crippen LogP contribution in [0.2, 0.25) is 5.15 Å². The van der Waals surface area contributed by atoms with E-state index in [1.54, 1.807) is 0 Å². The van der Waals surface area contributed by atoms with Crippen molar-refractivity contribution in [3.05, 3.63) is 53.9 Å². The molecule has 2 aromatic rings. The minimum absolute atomic E-state index is 0.0171. The number of aromatic nitrogens is 1. The third kappa shape index (κ3) is 3.53. The molecule has 2 heterocycles. The van der Waals surface area contributed by atoms with Crippen LogP contribution in [0, 0.1) is 10.1 Å². The molecule has 0 atom stereocenters. The minimum Gasteiger partial charge on any atom is -0.347 e. The molecule has 1 N–H and O–H groups in total. The summed E-state index contributed by atoms with van der Waals surface area (Å²) in [5.74, 6) is -0.504. The third-order valence-electron chi connectivity index (χ3n) is 2.33. The highest BCUT2D eigenvalue weighted by Gasteiger charge is 2.17. The molecular weight excluding hydrogens is 370 g/mol. The molecule has 6 nitrogen and oxygen atoms in total. The third-order valence-corrected chi connectivity index (χ3v) is 4.26. The largest absolute Gasteiger partial charge is 0.347 e. The molecule has 2 rings (SSSR count). The Kier molecular flexibility index (Phi) is 4.69. The summed E-state index contributed by atoms with van der Waals surface area (Å²) in [5, 5.41) is 13.2. The Hall–Kier alpha value is -1.51. The summed E-state index contributed by atoms with van der Waals surface area (Å²) in [4.78, 5) is 26.6. The minimum atomic E-state index is -0.628. The van der Waals surface area contributed by atoms with Gasteiger partial charge in [0, 0.05) is 10.9 Å². The molecule has 0 spiro atoms. The molecule has 0 saturated heterocycles. The lowest BCUT2D eigenvalue weighted by Gasteiger charge is -2.04. The second kappa shape index (κ2) is 6.29. The van der Waals surface area contributed by atoms with Crippen molar-refractivity contribution in [1.29, 1.82) is 0 Å². The van der Waals surface area contributed by atoms with Crippen molar-refractivity contribution >= 4 is 50.5 Å². The summed E-state index contributed by atoms with van der Waals surface area (Å²) in [6.07, 6.45) is 1.01. The van der Waals surface area contributed by atoms with E-state index in [9.17, 15) is 14.9 Å². The SMILES string of the molecule is O=C(NCc1ccc(Br)s1)c1cc([N+](=O)[O-])cnc1Cl. The first-order valence-electron chi connectivity index (χ1n) is 5.29. The first-order chi connectivity index (χ1) is 9.47. The Balaban J connectivity index is 2.12. The van der Waals surface area contributed by atoms with E-state index >= 15 is 0 Å². The summed E-state index contributed by atoms with van der Waals surface area (Å²) in [6, 6.07) is 4.84. The van der Waals surface area contributed by atoms with Crippen LogP contribution in [0.4, 0.5) is 5.69 Å². The molecule has 0 aliphatic carbocycles. The molecule has 0 unspecified atom stereocenters. The second-order valence-corrected chi connectivity index (χ2v) is 6.58. The summed E-state index contributed by atoms with van der Waals surface area (Å²) < 4.78 is 0.955. The van der Waals surface area contributed by atoms with Gasteiger partial charge in [0.25, 0.3) is 11.6 Å². The van der Waals surface area contributed by atoms with Gasteiger partial charge in [-0.15, -0.1) is 11.3 Å². The Labute approximate surface area is 131 Å². The molecule has 0 fully saturated rings. The number of halogens is 2. The Morgan fingerprint density at radius 1 is 1.55 bits per heavy atom. The average molecular weight is 377 g/mol. The molecule has 0 aliphatic rings. The summed E-state index contributed by atoms with van der Waals surface area (Å²) in [6.45, 7) is 0.314. The van der Waals surface area contributed by atoms with E-state index in [0.717, 1.165) is 20.9 Å². The summed E-state index contributed by atoms with van der Waals surface area (Å²) in [7, 11) is 0. The fourth-order valence-electron chi connectivity index (χ4n) is 1.41. The van der Waals surface area contributed by atoms with Crippen molar-refractivity contribution in [1.82, 2.24) is 10.3 Å². The Morgan fingerprint density at radius 2 is 2.30 bits per heavy atom. The number of nitro groups is 1. The normalized spacial score (nSPS) is 10.3. The van der Waals surface area contributed by atoms with E-state index in [4.69, 9.17) is 11.6 Å². The van der Waals surface area contributed by atoms with E-state index in [1.165, 1.54) is 11.3 Å². The first-order valence-corrected chi connectivity index (χ1v) is 7.28. The number of amides is 1. The van der Waals surface area contributed by atoms with E-state index in [2.05, 4.69) is 26.2 Å².